The van der Waals surface area contributed by atoms with Gasteiger partial charge in [0.2, 0.25) is 5.95 Å². The van der Waals surface area contributed by atoms with Crippen LogP contribution in [0.3, 0.4) is 0 Å². The summed E-state index contributed by atoms with van der Waals surface area (Å²) in [6.45, 7) is 0. The van der Waals surface area contributed by atoms with E-state index in [-0.39, 0.29) is 39.1 Å². The number of H-pyrrole nitrogens is 2. The summed E-state index contributed by atoms with van der Waals surface area (Å²) in [5.41, 5.74) is -1.29. The molecule has 2 aromatic carbocycles. The maximum absolute atomic E-state index is 13.5. The molecule has 0 unspecified atom stereocenters. The quantitative estimate of drug-likeness (QED) is 0.424. The van der Waals surface area contributed by atoms with Gasteiger partial charge in [0, 0.05) is 39.1 Å². The topological polar surface area (TPSA) is 153 Å². The van der Waals surface area contributed by atoms with Gasteiger partial charge >= 0.3 is 11.4 Å². The molecule has 0 saturated heterocycles. The summed E-state index contributed by atoms with van der Waals surface area (Å²) in [6, 6.07) is 5.64. The second kappa shape index (κ2) is 7.55. The summed E-state index contributed by atoms with van der Waals surface area (Å²) in [7, 11) is 0. The molecule has 0 bridgehead atoms. The van der Waals surface area contributed by atoms with Gasteiger partial charge in [-0.15, -0.1) is 0 Å². The Kier molecular flexibility index (Phi) is 4.56. The van der Waals surface area contributed by atoms with Crippen molar-refractivity contribution in [3.05, 3.63) is 67.5 Å². The van der Waals surface area contributed by atoms with Crippen molar-refractivity contribution in [2.45, 2.75) is 44.6 Å². The van der Waals surface area contributed by atoms with Crippen molar-refractivity contribution in [1.29, 1.82) is 0 Å². The van der Waals surface area contributed by atoms with Gasteiger partial charge in [0.15, 0.2) is 0 Å². The smallest absolute Gasteiger partial charge is 0.277 e. The molecule has 3 heterocycles. The van der Waals surface area contributed by atoms with Gasteiger partial charge in [-0.1, -0.05) is 25.7 Å². The van der Waals surface area contributed by atoms with Gasteiger partial charge < -0.3 is 0 Å². The number of hydrogen-bond donors (Lipinski definition) is 2. The molecular formula is C24H19N5O6. The lowest BCUT2D eigenvalue weighted by Crippen LogP contribution is -2.48. The molecule has 176 valence electrons. The van der Waals surface area contributed by atoms with E-state index in [2.05, 4.69) is 9.97 Å². The van der Waals surface area contributed by atoms with Crippen LogP contribution < -0.4 is 16.3 Å². The van der Waals surface area contributed by atoms with Gasteiger partial charge in [-0.2, -0.15) is 4.98 Å². The zero-order valence-electron chi connectivity index (χ0n) is 18.4. The highest BCUT2D eigenvalue weighted by atomic mass is 16.2. The third-order valence-electron chi connectivity index (χ3n) is 6.98. The lowest BCUT2D eigenvalue weighted by molar-refractivity contribution is 0.0523. The average Bonchev–Trinajstić information content (AvgIpc) is 3.10. The Morgan fingerprint density at radius 3 is 1.63 bits per heavy atom. The summed E-state index contributed by atoms with van der Waals surface area (Å²) in [6.07, 6.45) is 5.52. The highest BCUT2D eigenvalue weighted by molar-refractivity contribution is 6.38. The number of rotatable bonds is 2. The number of aromatic nitrogens is 3. The second-order valence-corrected chi connectivity index (χ2v) is 8.96. The minimum absolute atomic E-state index is 0.0617. The number of nitrogens with zero attached hydrogens (tertiary/aromatic N) is 3. The van der Waals surface area contributed by atoms with E-state index in [9.17, 15) is 28.8 Å². The number of carbonyl (C=O) groups excluding carboxylic acids is 4. The van der Waals surface area contributed by atoms with Crippen LogP contribution in [0.2, 0.25) is 0 Å². The largest absolute Gasteiger partial charge is 0.352 e. The molecule has 1 saturated carbocycles. The lowest BCUT2D eigenvalue weighted by Gasteiger charge is -2.35. The van der Waals surface area contributed by atoms with Gasteiger partial charge in [-0.3, -0.25) is 34.0 Å². The van der Waals surface area contributed by atoms with E-state index >= 15 is 0 Å². The number of imide groups is 2. The first-order chi connectivity index (χ1) is 16.9. The van der Waals surface area contributed by atoms with Gasteiger partial charge in [0.25, 0.3) is 23.6 Å². The second-order valence-electron chi connectivity index (χ2n) is 8.96. The Labute approximate surface area is 196 Å². The first kappa shape index (κ1) is 21.1. The van der Waals surface area contributed by atoms with Crippen molar-refractivity contribution in [1.82, 2.24) is 19.9 Å². The molecule has 11 heteroatoms. The molecule has 35 heavy (non-hydrogen) atoms. The number of hydrogen-bond acceptors (Lipinski definition) is 7. The van der Waals surface area contributed by atoms with E-state index in [4.69, 9.17) is 0 Å². The summed E-state index contributed by atoms with van der Waals surface area (Å²) >= 11 is 0. The van der Waals surface area contributed by atoms with Gasteiger partial charge in [0.1, 0.15) is 0 Å². The fourth-order valence-corrected chi connectivity index (χ4v) is 5.42. The Morgan fingerprint density at radius 2 is 1.14 bits per heavy atom. The molecule has 0 atom stereocenters. The monoisotopic (exact) mass is 473 g/mol. The molecule has 2 N–H and O–H groups in total. The van der Waals surface area contributed by atoms with E-state index in [1.807, 2.05) is 4.98 Å². The molecule has 3 aromatic rings. The maximum atomic E-state index is 13.5. The third kappa shape index (κ3) is 3.00. The standard InChI is InChI=1S/C24H19N5O6/c30-18-12-7-9-14-17-15(21(33)29(20(14)32)22-25-23(34)27-24(35)26-22)10-8-13(16(12)17)19(31)28(18)11-5-3-1-2-4-6-11/h7-11H,1-6H2,(H2,25,26,27,34,35). The molecule has 1 aromatic heterocycles. The zero-order chi connectivity index (χ0) is 24.4. The number of amides is 4. The molecule has 1 aliphatic carbocycles. The number of nitrogens with one attached hydrogen (secondary N) is 2. The summed E-state index contributed by atoms with van der Waals surface area (Å²) < 4.78 is 0. The van der Waals surface area contributed by atoms with Crippen molar-refractivity contribution in [3.63, 3.8) is 0 Å². The summed E-state index contributed by atoms with van der Waals surface area (Å²) in [4.78, 5) is 86.7. The minimum atomic E-state index is -1.02. The molecular weight excluding hydrogens is 454 g/mol. The number of benzene rings is 2. The van der Waals surface area contributed by atoms with Crippen molar-refractivity contribution in [2.24, 2.45) is 0 Å². The van der Waals surface area contributed by atoms with Crippen LogP contribution in [0.5, 0.6) is 0 Å². The number of carbonyl (C=O) groups is 4. The third-order valence-corrected chi connectivity index (χ3v) is 6.98. The van der Waals surface area contributed by atoms with Crippen molar-refractivity contribution in [2.75, 3.05) is 4.90 Å². The predicted molar refractivity (Wildman–Crippen MR) is 123 cm³/mol. The SMILES string of the molecule is O=C1c2ccc3c4c(ccc(c24)C(=O)N1c1nc(=O)[nH]c(=O)[nH]1)C(=O)N(C1CCCCCC1)C3=O. The fraction of sp³-hybridized carbons (Fsp3) is 0.292. The van der Waals surface area contributed by atoms with Crippen molar-refractivity contribution >= 4 is 40.3 Å². The maximum Gasteiger partial charge on any atom is 0.352 e. The first-order valence-electron chi connectivity index (χ1n) is 11.4. The average molecular weight is 473 g/mol. The van der Waals surface area contributed by atoms with Crippen LogP contribution in [0.15, 0.2) is 33.9 Å². The van der Waals surface area contributed by atoms with E-state index in [1.165, 1.54) is 29.2 Å². The van der Waals surface area contributed by atoms with Crippen LogP contribution in [0, 0.1) is 0 Å². The van der Waals surface area contributed by atoms with E-state index in [0.29, 0.717) is 4.90 Å². The Bertz CT molecular complexity index is 1500. The van der Waals surface area contributed by atoms with Gasteiger partial charge in [-0.05, 0) is 37.1 Å². The van der Waals surface area contributed by atoms with Gasteiger partial charge in [0.05, 0.1) is 0 Å². The van der Waals surface area contributed by atoms with Crippen LogP contribution in [0.4, 0.5) is 5.95 Å². The number of aromatic amines is 2. The molecule has 11 nitrogen and oxygen atoms in total. The predicted octanol–water partition coefficient (Wildman–Crippen LogP) is 1.73. The van der Waals surface area contributed by atoms with Crippen LogP contribution in [0.1, 0.15) is 80.0 Å². The van der Waals surface area contributed by atoms with E-state index < -0.39 is 41.0 Å². The van der Waals surface area contributed by atoms with Crippen LogP contribution >= 0.6 is 0 Å². The van der Waals surface area contributed by atoms with Crippen LogP contribution in [-0.2, 0) is 0 Å². The molecule has 1 fully saturated rings. The normalized spacial score (nSPS) is 18.4. The van der Waals surface area contributed by atoms with Crippen LogP contribution in [0.25, 0.3) is 10.8 Å². The fourth-order valence-electron chi connectivity index (χ4n) is 5.42. The molecule has 6 rings (SSSR count). The molecule has 0 radical (unpaired) electrons. The first-order valence-corrected chi connectivity index (χ1v) is 11.4. The highest BCUT2D eigenvalue weighted by Gasteiger charge is 2.42. The Hall–Kier alpha value is -4.41. The Balaban J connectivity index is 1.52. The highest BCUT2D eigenvalue weighted by Crippen LogP contribution is 2.39. The van der Waals surface area contributed by atoms with Crippen LogP contribution in [-0.4, -0.2) is 49.5 Å². The zero-order valence-corrected chi connectivity index (χ0v) is 18.4. The van der Waals surface area contributed by atoms with E-state index in [1.54, 1.807) is 0 Å². The molecule has 0 spiro atoms. The minimum Gasteiger partial charge on any atom is -0.277 e. The van der Waals surface area contributed by atoms with Gasteiger partial charge in [-0.25, -0.2) is 14.5 Å². The lowest BCUT2D eigenvalue weighted by atomic mass is 9.85. The summed E-state index contributed by atoms with van der Waals surface area (Å²) in [5, 5.41) is 0.481. The van der Waals surface area contributed by atoms with Crippen molar-refractivity contribution < 1.29 is 19.2 Å². The van der Waals surface area contributed by atoms with Crippen molar-refractivity contribution in [3.8, 4) is 0 Å². The number of anilines is 1. The molecule has 4 amide bonds. The Morgan fingerprint density at radius 1 is 0.657 bits per heavy atom. The van der Waals surface area contributed by atoms with E-state index in [0.717, 1.165) is 38.5 Å². The summed E-state index contributed by atoms with van der Waals surface area (Å²) in [5.74, 6) is -3.03. The molecule has 3 aliphatic rings. The molecule has 2 aliphatic heterocycles.